The van der Waals surface area contributed by atoms with Crippen molar-refractivity contribution in [2.75, 3.05) is 7.05 Å². The van der Waals surface area contributed by atoms with Crippen LogP contribution in [0.1, 0.15) is 38.8 Å². The van der Waals surface area contributed by atoms with Crippen molar-refractivity contribution in [3.8, 4) is 6.07 Å². The van der Waals surface area contributed by atoms with Gasteiger partial charge >= 0.3 is 0 Å². The quantitative estimate of drug-likeness (QED) is 0.795. The molecule has 0 aliphatic carbocycles. The smallest absolute Gasteiger partial charge is 0.0995 e. The number of rotatable bonds is 3. The second-order valence-electron chi connectivity index (χ2n) is 5.73. The third kappa shape index (κ3) is 3.57. The molecule has 0 spiro atoms. The lowest BCUT2D eigenvalue weighted by molar-refractivity contribution is 0.134. The van der Waals surface area contributed by atoms with Gasteiger partial charge < -0.3 is 0 Å². The molecule has 2 heteroatoms. The van der Waals surface area contributed by atoms with Crippen molar-refractivity contribution >= 4 is 0 Å². The first-order valence-corrected chi connectivity index (χ1v) is 6.04. The van der Waals surface area contributed by atoms with E-state index in [1.165, 1.54) is 0 Å². The standard InChI is InChI=1S/C15H22N2/c1-12(15(2,3)4)17(5)11-14-9-7-6-8-13(14)10-16/h6-9,12H,11H2,1-5H3. The highest BCUT2D eigenvalue weighted by atomic mass is 15.1. The van der Waals surface area contributed by atoms with Gasteiger partial charge in [0.25, 0.3) is 0 Å². The molecule has 0 radical (unpaired) electrons. The predicted octanol–water partition coefficient (Wildman–Crippen LogP) is 3.42. The molecule has 1 unspecified atom stereocenters. The summed E-state index contributed by atoms with van der Waals surface area (Å²) in [5, 5.41) is 9.06. The molecule has 0 bridgehead atoms. The average molecular weight is 230 g/mol. The van der Waals surface area contributed by atoms with E-state index in [9.17, 15) is 0 Å². The molecule has 0 fully saturated rings. The fourth-order valence-electron chi connectivity index (χ4n) is 1.83. The van der Waals surface area contributed by atoms with Gasteiger partial charge in [-0.05, 0) is 31.0 Å². The van der Waals surface area contributed by atoms with E-state index in [0.717, 1.165) is 17.7 Å². The third-order valence-electron chi connectivity index (χ3n) is 3.47. The molecule has 0 aromatic heterocycles. The number of nitrogens with zero attached hydrogens (tertiary/aromatic N) is 2. The fourth-order valence-corrected chi connectivity index (χ4v) is 1.83. The van der Waals surface area contributed by atoms with Gasteiger partial charge in [-0.3, -0.25) is 4.90 Å². The van der Waals surface area contributed by atoms with Crippen LogP contribution < -0.4 is 0 Å². The highest BCUT2D eigenvalue weighted by Crippen LogP contribution is 2.24. The molecule has 0 saturated carbocycles. The Morgan fingerprint density at radius 1 is 1.29 bits per heavy atom. The molecular weight excluding hydrogens is 208 g/mol. The Morgan fingerprint density at radius 2 is 1.88 bits per heavy atom. The second-order valence-corrected chi connectivity index (χ2v) is 5.73. The van der Waals surface area contributed by atoms with Crippen LogP contribution in [-0.4, -0.2) is 18.0 Å². The highest BCUT2D eigenvalue weighted by molar-refractivity contribution is 5.37. The summed E-state index contributed by atoms with van der Waals surface area (Å²) in [4.78, 5) is 2.30. The normalized spacial score (nSPS) is 13.5. The van der Waals surface area contributed by atoms with Crippen LogP contribution in [0.2, 0.25) is 0 Å². The van der Waals surface area contributed by atoms with E-state index < -0.39 is 0 Å². The maximum Gasteiger partial charge on any atom is 0.0995 e. The maximum atomic E-state index is 9.06. The Labute approximate surface area is 105 Å². The first kappa shape index (κ1) is 13.7. The molecular formula is C15H22N2. The monoisotopic (exact) mass is 230 g/mol. The van der Waals surface area contributed by atoms with Crippen LogP contribution in [0, 0.1) is 16.7 Å². The van der Waals surface area contributed by atoms with Gasteiger partial charge in [0, 0.05) is 12.6 Å². The van der Waals surface area contributed by atoms with E-state index >= 15 is 0 Å². The topological polar surface area (TPSA) is 27.0 Å². The van der Waals surface area contributed by atoms with Crippen LogP contribution in [0.25, 0.3) is 0 Å². The zero-order chi connectivity index (χ0) is 13.1. The van der Waals surface area contributed by atoms with Crippen molar-refractivity contribution in [2.24, 2.45) is 5.41 Å². The summed E-state index contributed by atoms with van der Waals surface area (Å²) in [5.74, 6) is 0. The summed E-state index contributed by atoms with van der Waals surface area (Å²) >= 11 is 0. The van der Waals surface area contributed by atoms with Gasteiger partial charge in [-0.25, -0.2) is 0 Å². The van der Waals surface area contributed by atoms with Crippen LogP contribution in [0.5, 0.6) is 0 Å². The van der Waals surface area contributed by atoms with Crippen molar-refractivity contribution in [3.63, 3.8) is 0 Å². The molecule has 0 heterocycles. The van der Waals surface area contributed by atoms with Crippen LogP contribution in [0.3, 0.4) is 0 Å². The van der Waals surface area contributed by atoms with Crippen molar-refractivity contribution in [2.45, 2.75) is 40.3 Å². The number of benzene rings is 1. The number of hydrogen-bond donors (Lipinski definition) is 0. The first-order valence-electron chi connectivity index (χ1n) is 6.04. The molecule has 1 rings (SSSR count). The Hall–Kier alpha value is -1.33. The molecule has 0 saturated heterocycles. The third-order valence-corrected chi connectivity index (χ3v) is 3.47. The van der Waals surface area contributed by atoms with Gasteiger partial charge in [0.2, 0.25) is 0 Å². The van der Waals surface area contributed by atoms with E-state index in [1.54, 1.807) is 0 Å². The molecule has 17 heavy (non-hydrogen) atoms. The maximum absolute atomic E-state index is 9.06. The Kier molecular flexibility index (Phi) is 4.31. The second kappa shape index (κ2) is 5.33. The summed E-state index contributed by atoms with van der Waals surface area (Å²) in [6.07, 6.45) is 0. The average Bonchev–Trinajstić information content (AvgIpc) is 2.27. The summed E-state index contributed by atoms with van der Waals surface area (Å²) in [5.41, 5.74) is 2.13. The number of nitriles is 1. The zero-order valence-corrected chi connectivity index (χ0v) is 11.5. The van der Waals surface area contributed by atoms with Crippen LogP contribution in [-0.2, 0) is 6.54 Å². The largest absolute Gasteiger partial charge is 0.299 e. The summed E-state index contributed by atoms with van der Waals surface area (Å²) in [6, 6.07) is 10.5. The van der Waals surface area contributed by atoms with E-state index in [2.05, 4.69) is 45.7 Å². The van der Waals surface area contributed by atoms with E-state index in [1.807, 2.05) is 24.3 Å². The lowest BCUT2D eigenvalue weighted by Crippen LogP contribution is -2.38. The molecule has 1 aromatic rings. The van der Waals surface area contributed by atoms with E-state index in [0.29, 0.717) is 6.04 Å². The minimum atomic E-state index is 0.246. The Bertz CT molecular complexity index is 410. The van der Waals surface area contributed by atoms with Crippen LogP contribution >= 0.6 is 0 Å². The SMILES string of the molecule is CC(N(C)Cc1ccccc1C#N)C(C)(C)C. The van der Waals surface area contributed by atoms with Crippen LogP contribution in [0.4, 0.5) is 0 Å². The molecule has 0 aliphatic heterocycles. The molecule has 0 amide bonds. The lowest BCUT2D eigenvalue weighted by Gasteiger charge is -2.35. The molecule has 0 aliphatic rings. The number of hydrogen-bond acceptors (Lipinski definition) is 2. The predicted molar refractivity (Wildman–Crippen MR) is 71.5 cm³/mol. The molecule has 1 atom stereocenters. The minimum absolute atomic E-state index is 0.246. The van der Waals surface area contributed by atoms with Gasteiger partial charge in [-0.2, -0.15) is 5.26 Å². The van der Waals surface area contributed by atoms with Crippen molar-refractivity contribution in [1.82, 2.24) is 4.90 Å². The van der Waals surface area contributed by atoms with Crippen molar-refractivity contribution in [1.29, 1.82) is 5.26 Å². The highest BCUT2D eigenvalue weighted by Gasteiger charge is 2.24. The van der Waals surface area contributed by atoms with Gasteiger partial charge in [0.1, 0.15) is 0 Å². The van der Waals surface area contributed by atoms with Gasteiger partial charge in [-0.1, -0.05) is 39.0 Å². The van der Waals surface area contributed by atoms with Crippen molar-refractivity contribution < 1.29 is 0 Å². The minimum Gasteiger partial charge on any atom is -0.299 e. The van der Waals surface area contributed by atoms with Gasteiger partial charge in [-0.15, -0.1) is 0 Å². The van der Waals surface area contributed by atoms with E-state index in [-0.39, 0.29) is 5.41 Å². The molecule has 2 nitrogen and oxygen atoms in total. The zero-order valence-electron chi connectivity index (χ0n) is 11.5. The molecule has 1 aromatic carbocycles. The molecule has 0 N–H and O–H groups in total. The summed E-state index contributed by atoms with van der Waals surface area (Å²) < 4.78 is 0. The molecule has 92 valence electrons. The first-order chi connectivity index (χ1) is 7.86. The van der Waals surface area contributed by atoms with Crippen LogP contribution in [0.15, 0.2) is 24.3 Å². The Balaban J connectivity index is 2.82. The summed E-state index contributed by atoms with van der Waals surface area (Å²) in [7, 11) is 2.12. The fraction of sp³-hybridized carbons (Fsp3) is 0.533. The van der Waals surface area contributed by atoms with Gasteiger partial charge in [0.15, 0.2) is 0 Å². The van der Waals surface area contributed by atoms with Crippen molar-refractivity contribution in [3.05, 3.63) is 35.4 Å². The summed E-state index contributed by atoms with van der Waals surface area (Å²) in [6.45, 7) is 9.77. The Morgan fingerprint density at radius 3 is 2.41 bits per heavy atom. The van der Waals surface area contributed by atoms with E-state index in [4.69, 9.17) is 5.26 Å². The lowest BCUT2D eigenvalue weighted by atomic mass is 9.87. The van der Waals surface area contributed by atoms with Gasteiger partial charge in [0.05, 0.1) is 11.6 Å².